The molecule has 3 fully saturated rings. The third-order valence-corrected chi connectivity index (χ3v) is 11.8. The number of aromatic nitrogens is 3. The van der Waals surface area contributed by atoms with Crippen LogP contribution < -0.4 is 11.3 Å². The minimum Gasteiger partial charge on any atom is -0.387 e. The van der Waals surface area contributed by atoms with Gasteiger partial charge in [0.1, 0.15) is 11.3 Å². The number of rotatable bonds is 11. The second-order valence-electron chi connectivity index (χ2n) is 14.7. The molecule has 1 saturated heterocycles. The number of nitrogens with zero attached hydrogens (tertiary/aromatic N) is 4. The topological polar surface area (TPSA) is 154 Å². The number of H-pyrrole nitrogens is 1. The van der Waals surface area contributed by atoms with E-state index in [4.69, 9.17) is 38.4 Å². The van der Waals surface area contributed by atoms with Gasteiger partial charge >= 0.3 is 0 Å². The van der Waals surface area contributed by atoms with Crippen molar-refractivity contribution in [3.05, 3.63) is 85.3 Å². The highest BCUT2D eigenvalue weighted by Gasteiger charge is 2.41. The highest BCUT2D eigenvalue weighted by molar-refractivity contribution is 6.43. The second-order valence-corrected chi connectivity index (χ2v) is 15.5. The van der Waals surface area contributed by atoms with Gasteiger partial charge in [-0.3, -0.25) is 9.59 Å². The van der Waals surface area contributed by atoms with Crippen LogP contribution in [0.2, 0.25) is 10.0 Å². The van der Waals surface area contributed by atoms with E-state index in [9.17, 15) is 20.0 Å². The number of likely N-dealkylation sites (tertiary alicyclic amines) is 1. The van der Waals surface area contributed by atoms with Gasteiger partial charge in [-0.05, 0) is 95.0 Å². The zero-order chi connectivity index (χ0) is 38.3. The molecule has 54 heavy (non-hydrogen) atoms. The van der Waals surface area contributed by atoms with Gasteiger partial charge in [0.2, 0.25) is 5.91 Å². The second kappa shape index (κ2) is 15.9. The first kappa shape index (κ1) is 38.1. The van der Waals surface area contributed by atoms with Crippen molar-refractivity contribution in [3.63, 3.8) is 0 Å². The summed E-state index contributed by atoms with van der Waals surface area (Å²) in [5.41, 5.74) is 9.50. The maximum absolute atomic E-state index is 17.0. The predicted octanol–water partition coefficient (Wildman–Crippen LogP) is 9.03. The number of carbonyl (C=O) groups is 1. The Morgan fingerprint density at radius 3 is 2.59 bits per heavy atom. The number of hydrogen-bond donors (Lipinski definition) is 3. The normalized spacial score (nSPS) is 18.1. The first-order valence-electron chi connectivity index (χ1n) is 19.0. The van der Waals surface area contributed by atoms with Gasteiger partial charge in [0.15, 0.2) is 5.82 Å². The maximum atomic E-state index is 17.0. The molecular formula is C41H45Cl2FN6O4. The molecule has 3 unspecified atom stereocenters. The molecule has 3 aromatic heterocycles. The van der Waals surface area contributed by atoms with Crippen molar-refractivity contribution in [2.45, 2.75) is 102 Å². The zero-order valence-corrected chi connectivity index (χ0v) is 32.0. The summed E-state index contributed by atoms with van der Waals surface area (Å²) in [4.78, 5) is 30.7. The van der Waals surface area contributed by atoms with Crippen molar-refractivity contribution >= 4 is 50.9 Å². The summed E-state index contributed by atoms with van der Waals surface area (Å²) >= 11 is 13.0. The molecule has 2 aliphatic carbocycles. The number of aryl methyl sites for hydroxylation is 1. The fourth-order valence-electron chi connectivity index (χ4n) is 8.00. The number of amides is 1. The van der Waals surface area contributed by atoms with E-state index in [1.807, 2.05) is 11.0 Å². The van der Waals surface area contributed by atoms with E-state index in [0.29, 0.717) is 59.1 Å². The molecule has 2 saturated carbocycles. The van der Waals surface area contributed by atoms with Gasteiger partial charge in [-0.1, -0.05) is 42.3 Å². The number of pyridine rings is 1. The summed E-state index contributed by atoms with van der Waals surface area (Å²) in [6.07, 6.45) is 6.85. The minimum atomic E-state index is -0.987. The molecule has 8 rings (SSSR count). The van der Waals surface area contributed by atoms with Crippen molar-refractivity contribution in [2.24, 2.45) is 11.7 Å². The average Bonchev–Trinajstić information content (AvgIpc) is 4.06. The fraction of sp³-hybridized carbons (Fsp3) is 0.463. The van der Waals surface area contributed by atoms with E-state index >= 15 is 4.39 Å². The lowest BCUT2D eigenvalue weighted by Crippen LogP contribution is -2.33. The number of fused-ring (bicyclic) bond motifs is 3. The van der Waals surface area contributed by atoms with Gasteiger partial charge < -0.3 is 24.8 Å². The number of aliphatic hydroxyl groups is 1. The molecule has 10 nitrogen and oxygen atoms in total. The molecule has 3 atom stereocenters. The van der Waals surface area contributed by atoms with Gasteiger partial charge in [-0.25, -0.2) is 9.37 Å². The summed E-state index contributed by atoms with van der Waals surface area (Å²) in [5, 5.41) is 24.6. The smallest absolute Gasteiger partial charge is 0.280 e. The van der Waals surface area contributed by atoms with Crippen LogP contribution in [0, 0.1) is 23.1 Å². The lowest BCUT2D eigenvalue weighted by molar-refractivity contribution is -0.133. The van der Waals surface area contributed by atoms with Crippen molar-refractivity contribution < 1.29 is 18.8 Å². The Morgan fingerprint density at radius 1 is 1.19 bits per heavy atom. The Bertz CT molecular complexity index is 2300. The van der Waals surface area contributed by atoms with Crippen LogP contribution in [0.1, 0.15) is 118 Å². The maximum Gasteiger partial charge on any atom is 0.280 e. The standard InChI is InChI=1S/C35H38Cl2FN5O2.C6H7NO2/c1-3-22(13-15-40)43-28(27-10-6-16-42(27)35(45)20-11-12-20)18-25-32(19(2)44)41-33-24(34(25)43)17-21(7-5-14-39)29(31(33)38)23-8-4-9-26(36)30(23)37;8-6-3-5(9-7-6)4-1-2-4/h4,8-9,17-20,22,27,44H,3,5-7,10-13,15-16,40H2,1-2H3;3-4H,1-2H2,(H,7,8). The summed E-state index contributed by atoms with van der Waals surface area (Å²) in [6.45, 7) is 4.90. The Kier molecular flexibility index (Phi) is 11.2. The van der Waals surface area contributed by atoms with Gasteiger partial charge in [0.05, 0.1) is 39.5 Å². The van der Waals surface area contributed by atoms with Crippen LogP contribution in [-0.2, 0) is 11.2 Å². The molecule has 284 valence electrons. The Labute approximate surface area is 323 Å². The lowest BCUT2D eigenvalue weighted by atomic mass is 9.92. The van der Waals surface area contributed by atoms with Crippen LogP contribution in [-0.4, -0.2) is 43.7 Å². The molecule has 2 aromatic carbocycles. The minimum absolute atomic E-state index is 0.0268. The molecule has 0 radical (unpaired) electrons. The number of hydrogen-bond acceptors (Lipinski definition) is 7. The lowest BCUT2D eigenvalue weighted by Gasteiger charge is -2.29. The Balaban J connectivity index is 0.000000433. The molecule has 1 aliphatic heterocycles. The van der Waals surface area contributed by atoms with Crippen LogP contribution in [0.15, 0.2) is 45.7 Å². The van der Waals surface area contributed by atoms with Gasteiger partial charge in [0.25, 0.3) is 5.56 Å². The molecule has 3 aliphatic rings. The monoisotopic (exact) mass is 774 g/mol. The number of nitrogens with one attached hydrogen (secondary N) is 1. The summed E-state index contributed by atoms with van der Waals surface area (Å²) in [6, 6.07) is 12.6. The third kappa shape index (κ3) is 7.29. The van der Waals surface area contributed by atoms with E-state index in [1.54, 1.807) is 25.1 Å². The molecule has 0 bridgehead atoms. The summed E-state index contributed by atoms with van der Waals surface area (Å²) in [5.74, 6) is 1.07. The molecule has 4 N–H and O–H groups in total. The molecule has 5 aromatic rings. The first-order valence-corrected chi connectivity index (χ1v) is 19.7. The third-order valence-electron chi connectivity index (χ3n) is 10.9. The van der Waals surface area contributed by atoms with E-state index in [0.717, 1.165) is 54.5 Å². The first-order chi connectivity index (χ1) is 26.1. The van der Waals surface area contributed by atoms with Gasteiger partial charge in [0, 0.05) is 64.5 Å². The van der Waals surface area contributed by atoms with Gasteiger partial charge in [-0.15, -0.1) is 0 Å². The van der Waals surface area contributed by atoms with Crippen LogP contribution in [0.25, 0.3) is 32.9 Å². The van der Waals surface area contributed by atoms with Crippen LogP contribution in [0.5, 0.6) is 0 Å². The quantitative estimate of drug-likeness (QED) is 0.121. The average molecular weight is 776 g/mol. The number of nitriles is 1. The number of aliphatic hydroxyl groups excluding tert-OH is 1. The number of carbonyl (C=O) groups excluding carboxylic acids is 1. The number of aromatic amines is 1. The van der Waals surface area contributed by atoms with Crippen LogP contribution in [0.4, 0.5) is 4.39 Å². The van der Waals surface area contributed by atoms with E-state index in [2.05, 4.69) is 28.8 Å². The van der Waals surface area contributed by atoms with E-state index in [-0.39, 0.29) is 52.0 Å². The van der Waals surface area contributed by atoms with Crippen LogP contribution >= 0.6 is 23.2 Å². The van der Waals surface area contributed by atoms with E-state index < -0.39 is 11.9 Å². The summed E-state index contributed by atoms with van der Waals surface area (Å²) < 4.78 is 24.2. The fourth-order valence-corrected chi connectivity index (χ4v) is 8.39. The molecule has 4 heterocycles. The largest absolute Gasteiger partial charge is 0.387 e. The van der Waals surface area contributed by atoms with Crippen LogP contribution in [0.3, 0.4) is 0 Å². The SMILES string of the molecule is CCC(CCN)n1c(C2CCCN2C(=O)C2CC2)cc2c(C(C)O)nc3c(F)c(-c4cccc(Cl)c4Cl)c(CCC#N)cc3c21.O=c1cc(C2CC2)o[nH]1. The highest BCUT2D eigenvalue weighted by Crippen LogP contribution is 2.46. The summed E-state index contributed by atoms with van der Waals surface area (Å²) in [7, 11) is 0. The van der Waals surface area contributed by atoms with Crippen molar-refractivity contribution in [1.29, 1.82) is 5.26 Å². The zero-order valence-electron chi connectivity index (χ0n) is 30.5. The number of benzene rings is 2. The molecule has 13 heteroatoms. The Morgan fingerprint density at radius 2 is 1.96 bits per heavy atom. The molecular weight excluding hydrogens is 730 g/mol. The molecule has 0 spiro atoms. The number of halogens is 3. The van der Waals surface area contributed by atoms with Crippen molar-refractivity contribution in [3.8, 4) is 17.2 Å². The van der Waals surface area contributed by atoms with Crippen molar-refractivity contribution in [2.75, 3.05) is 13.1 Å². The molecule has 1 amide bonds. The van der Waals surface area contributed by atoms with Gasteiger partial charge in [-0.2, -0.15) is 10.4 Å². The Hall–Kier alpha value is -4.21. The number of nitrogens with two attached hydrogens (primary N) is 1. The highest BCUT2D eigenvalue weighted by atomic mass is 35.5. The van der Waals surface area contributed by atoms with Crippen molar-refractivity contribution in [1.82, 2.24) is 19.6 Å². The van der Waals surface area contributed by atoms with E-state index in [1.165, 1.54) is 18.9 Å². The predicted molar refractivity (Wildman–Crippen MR) is 208 cm³/mol.